The number of hydrogen-bond donors (Lipinski definition) is 1. The summed E-state index contributed by atoms with van der Waals surface area (Å²) in [5, 5.41) is 0. The number of amides is 1. The van der Waals surface area contributed by atoms with Crippen molar-refractivity contribution in [2.45, 2.75) is 43.6 Å². The van der Waals surface area contributed by atoms with Crippen molar-refractivity contribution in [1.82, 2.24) is 4.90 Å². The molecule has 1 heterocycles. The fourth-order valence-corrected chi connectivity index (χ4v) is 5.12. The van der Waals surface area contributed by atoms with Gasteiger partial charge in [-0.3, -0.25) is 4.79 Å². The normalized spacial score (nSPS) is 22.0. The Hall–Kier alpha value is -2.27. The van der Waals surface area contributed by atoms with Crippen LogP contribution >= 0.6 is 15.9 Å². The number of rotatable bonds is 2. The van der Waals surface area contributed by atoms with Crippen molar-refractivity contribution in [3.05, 3.63) is 76.0 Å². The van der Waals surface area contributed by atoms with Gasteiger partial charge in [0.1, 0.15) is 16.8 Å². The molecule has 0 saturated heterocycles. The van der Waals surface area contributed by atoms with E-state index in [4.69, 9.17) is 10.5 Å². The van der Waals surface area contributed by atoms with Crippen LogP contribution < -0.4 is 10.5 Å². The summed E-state index contributed by atoms with van der Waals surface area (Å²) in [7, 11) is 1.69. The molecule has 5 heteroatoms. The molecule has 4 rings (SSSR count). The Morgan fingerprint density at radius 3 is 2.36 bits per heavy atom. The number of nitrogens with two attached hydrogens (primary N) is 1. The second-order valence-electron chi connectivity index (χ2n) is 7.99. The first-order valence-electron chi connectivity index (χ1n) is 9.57. The molecule has 0 saturated carbocycles. The van der Waals surface area contributed by atoms with Crippen molar-refractivity contribution >= 4 is 21.8 Å². The van der Waals surface area contributed by atoms with Gasteiger partial charge in [0.2, 0.25) is 5.91 Å². The van der Waals surface area contributed by atoms with Crippen LogP contribution in [0.3, 0.4) is 0 Å². The minimum atomic E-state index is -0.856. The van der Waals surface area contributed by atoms with E-state index in [9.17, 15) is 4.79 Å². The zero-order chi connectivity index (χ0) is 20.1. The summed E-state index contributed by atoms with van der Waals surface area (Å²) >= 11 is 3.56. The van der Waals surface area contributed by atoms with Crippen molar-refractivity contribution < 1.29 is 9.53 Å². The Morgan fingerprint density at radius 2 is 1.79 bits per heavy atom. The smallest absolute Gasteiger partial charge is 0.242 e. The van der Waals surface area contributed by atoms with Crippen LogP contribution in [0.25, 0.3) is 0 Å². The third-order valence-electron chi connectivity index (χ3n) is 6.57. The maximum atomic E-state index is 13.7. The minimum Gasteiger partial charge on any atom is -0.485 e. The first-order chi connectivity index (χ1) is 13.3. The Labute approximate surface area is 174 Å². The van der Waals surface area contributed by atoms with E-state index in [1.807, 2.05) is 25.1 Å². The second kappa shape index (κ2) is 6.66. The molecule has 146 valence electrons. The molecule has 1 spiro atoms. The van der Waals surface area contributed by atoms with Gasteiger partial charge in [-0.2, -0.15) is 0 Å². The highest BCUT2D eigenvalue weighted by atomic mass is 79.9. The van der Waals surface area contributed by atoms with Gasteiger partial charge in [0.25, 0.3) is 0 Å². The number of hydrogen-bond acceptors (Lipinski definition) is 3. The standard InChI is InChI=1S/C23H25BrN2O2/c1-15(25)26(3)21(27)22(2)19-14-18(24)8-9-20(19)28-23(22)12-10-16-6-4-5-7-17(16)11-13-23/h4-9,14H,1,10-13,25H2,2-3H3. The van der Waals surface area contributed by atoms with Gasteiger partial charge in [0, 0.05) is 17.1 Å². The molecule has 2 aliphatic rings. The number of carbonyl (C=O) groups excluding carboxylic acids is 1. The van der Waals surface area contributed by atoms with Crippen LogP contribution in [0.2, 0.25) is 0 Å². The highest BCUT2D eigenvalue weighted by molar-refractivity contribution is 9.10. The van der Waals surface area contributed by atoms with Crippen LogP contribution in [0.5, 0.6) is 5.75 Å². The average Bonchev–Trinajstić information content (AvgIpc) is 2.81. The van der Waals surface area contributed by atoms with Crippen LogP contribution in [-0.4, -0.2) is 23.5 Å². The zero-order valence-corrected chi connectivity index (χ0v) is 17.9. The van der Waals surface area contributed by atoms with E-state index < -0.39 is 11.0 Å². The quantitative estimate of drug-likeness (QED) is 0.756. The van der Waals surface area contributed by atoms with Crippen LogP contribution in [0.1, 0.15) is 36.5 Å². The number of ether oxygens (including phenoxy) is 1. The highest BCUT2D eigenvalue weighted by Crippen LogP contribution is 2.55. The highest BCUT2D eigenvalue weighted by Gasteiger charge is 2.62. The maximum Gasteiger partial charge on any atom is 0.242 e. The van der Waals surface area contributed by atoms with E-state index in [0.717, 1.165) is 41.5 Å². The predicted octanol–water partition coefficient (Wildman–Crippen LogP) is 4.31. The van der Waals surface area contributed by atoms with E-state index in [2.05, 4.69) is 46.8 Å². The summed E-state index contributed by atoms with van der Waals surface area (Å²) < 4.78 is 7.56. The summed E-state index contributed by atoms with van der Waals surface area (Å²) in [5.74, 6) is 0.936. The van der Waals surface area contributed by atoms with E-state index in [-0.39, 0.29) is 11.7 Å². The van der Waals surface area contributed by atoms with Gasteiger partial charge in [0.15, 0.2) is 0 Å². The number of likely N-dealkylation sites (N-methyl/N-ethyl adjacent to an activating group) is 1. The summed E-state index contributed by atoms with van der Waals surface area (Å²) in [6, 6.07) is 14.4. The lowest BCUT2D eigenvalue weighted by Crippen LogP contribution is -2.58. The van der Waals surface area contributed by atoms with Gasteiger partial charge in [-0.1, -0.05) is 46.8 Å². The number of carbonyl (C=O) groups is 1. The maximum absolute atomic E-state index is 13.7. The van der Waals surface area contributed by atoms with Gasteiger partial charge >= 0.3 is 0 Å². The molecule has 1 aliphatic heterocycles. The fraction of sp³-hybridized carbons (Fsp3) is 0.348. The van der Waals surface area contributed by atoms with E-state index in [1.165, 1.54) is 16.0 Å². The van der Waals surface area contributed by atoms with Crippen LogP contribution in [0.4, 0.5) is 0 Å². The number of fused-ring (bicyclic) bond motifs is 2. The molecular weight excluding hydrogens is 416 g/mol. The summed E-state index contributed by atoms with van der Waals surface area (Å²) in [6.07, 6.45) is 3.29. The predicted molar refractivity (Wildman–Crippen MR) is 114 cm³/mol. The number of aryl methyl sites for hydroxylation is 2. The van der Waals surface area contributed by atoms with Crippen molar-refractivity contribution in [3.63, 3.8) is 0 Å². The molecule has 1 unspecified atom stereocenters. The van der Waals surface area contributed by atoms with Gasteiger partial charge in [-0.25, -0.2) is 0 Å². The lowest BCUT2D eigenvalue weighted by atomic mass is 9.65. The van der Waals surface area contributed by atoms with Crippen LogP contribution in [-0.2, 0) is 23.1 Å². The topological polar surface area (TPSA) is 55.6 Å². The summed E-state index contributed by atoms with van der Waals surface area (Å²) in [5.41, 5.74) is 7.99. The Balaban J connectivity index is 1.85. The lowest BCUT2D eigenvalue weighted by molar-refractivity contribution is -0.141. The van der Waals surface area contributed by atoms with E-state index in [1.54, 1.807) is 7.05 Å². The molecular formula is C23H25BrN2O2. The second-order valence-corrected chi connectivity index (χ2v) is 8.90. The Morgan fingerprint density at radius 1 is 1.18 bits per heavy atom. The third-order valence-corrected chi connectivity index (χ3v) is 7.07. The number of halogens is 1. The molecule has 1 amide bonds. The largest absolute Gasteiger partial charge is 0.485 e. The Kier molecular flexibility index (Phi) is 4.53. The molecule has 28 heavy (non-hydrogen) atoms. The Bertz CT molecular complexity index is 944. The van der Waals surface area contributed by atoms with Crippen LogP contribution in [0, 0.1) is 0 Å². The monoisotopic (exact) mass is 440 g/mol. The average molecular weight is 441 g/mol. The molecule has 2 N–H and O–H groups in total. The van der Waals surface area contributed by atoms with Gasteiger partial charge in [-0.15, -0.1) is 0 Å². The molecule has 4 nitrogen and oxygen atoms in total. The van der Waals surface area contributed by atoms with Crippen molar-refractivity contribution in [2.75, 3.05) is 7.05 Å². The molecule has 0 fully saturated rings. The van der Waals surface area contributed by atoms with Crippen molar-refractivity contribution in [3.8, 4) is 5.75 Å². The van der Waals surface area contributed by atoms with Crippen LogP contribution in [0.15, 0.2) is 59.3 Å². The zero-order valence-electron chi connectivity index (χ0n) is 16.3. The van der Waals surface area contributed by atoms with Gasteiger partial charge in [0.05, 0.1) is 5.82 Å². The summed E-state index contributed by atoms with van der Waals surface area (Å²) in [6.45, 7) is 5.77. The van der Waals surface area contributed by atoms with Crippen molar-refractivity contribution in [2.24, 2.45) is 5.73 Å². The van der Waals surface area contributed by atoms with Gasteiger partial charge < -0.3 is 15.4 Å². The fourth-order valence-electron chi connectivity index (χ4n) is 4.76. The van der Waals surface area contributed by atoms with E-state index in [0.29, 0.717) is 0 Å². The molecule has 1 atom stereocenters. The number of nitrogens with zero attached hydrogens (tertiary/aromatic N) is 1. The first-order valence-corrected chi connectivity index (χ1v) is 10.4. The molecule has 0 aromatic heterocycles. The minimum absolute atomic E-state index is 0.0807. The molecule has 2 aromatic rings. The van der Waals surface area contributed by atoms with Gasteiger partial charge in [-0.05, 0) is 61.9 Å². The molecule has 2 aromatic carbocycles. The first kappa shape index (κ1) is 19.1. The lowest BCUT2D eigenvalue weighted by Gasteiger charge is -2.42. The van der Waals surface area contributed by atoms with E-state index >= 15 is 0 Å². The molecule has 0 bridgehead atoms. The SMILES string of the molecule is C=C(N)N(C)C(=O)C1(C)c2cc(Br)ccc2OC12CCc1ccccc1CC2. The number of benzene rings is 2. The molecule has 0 radical (unpaired) electrons. The van der Waals surface area contributed by atoms with Crippen molar-refractivity contribution in [1.29, 1.82) is 0 Å². The molecule has 1 aliphatic carbocycles. The summed E-state index contributed by atoms with van der Waals surface area (Å²) in [4.78, 5) is 15.2. The third kappa shape index (κ3) is 2.67.